The lowest BCUT2D eigenvalue weighted by Gasteiger charge is -2.20. The maximum Gasteiger partial charge on any atom is 0.229 e. The van der Waals surface area contributed by atoms with Crippen molar-refractivity contribution in [3.8, 4) is 0 Å². The fourth-order valence-corrected chi connectivity index (χ4v) is 1.45. The Bertz CT molecular complexity index is 177. The lowest BCUT2D eigenvalue weighted by Crippen LogP contribution is -2.29. The molecule has 0 spiro atoms. The minimum atomic E-state index is -1.42. The van der Waals surface area contributed by atoms with Crippen LogP contribution in [0.5, 0.6) is 0 Å². The van der Waals surface area contributed by atoms with Crippen LogP contribution in [0.25, 0.3) is 0 Å². The van der Waals surface area contributed by atoms with Gasteiger partial charge in [-0.05, 0) is 19.1 Å². The highest BCUT2D eigenvalue weighted by atomic mass is 28.4. The summed E-state index contributed by atoms with van der Waals surface area (Å²) in [7, 11) is -1.42. The molecule has 1 rings (SSSR count). The molecular weight excluding hydrogens is 172 g/mol. The Morgan fingerprint density at radius 1 is 1.58 bits per heavy atom. The molecule has 3 nitrogen and oxygen atoms in total. The molecule has 0 saturated heterocycles. The summed E-state index contributed by atoms with van der Waals surface area (Å²) in [6, 6.07) is 1.13. The molecule has 0 aliphatic carbocycles. The van der Waals surface area contributed by atoms with Crippen LogP contribution in [0.4, 0.5) is 0 Å². The van der Waals surface area contributed by atoms with Crippen molar-refractivity contribution in [2.24, 2.45) is 0 Å². The Labute approximate surface area is 74.4 Å². The predicted molar refractivity (Wildman–Crippen MR) is 49.0 cm³/mol. The summed E-state index contributed by atoms with van der Waals surface area (Å²) in [5, 5.41) is 0. The SMILES string of the molecule is CC[Si](C)(C)OCC1=COCO1. The summed E-state index contributed by atoms with van der Waals surface area (Å²) in [4.78, 5) is 0. The molecule has 1 aliphatic rings. The number of hydrogen-bond donors (Lipinski definition) is 0. The second kappa shape index (κ2) is 3.96. The molecule has 1 heterocycles. The van der Waals surface area contributed by atoms with Gasteiger partial charge in [-0.1, -0.05) is 6.92 Å². The quantitative estimate of drug-likeness (QED) is 0.632. The second-order valence-electron chi connectivity index (χ2n) is 3.41. The van der Waals surface area contributed by atoms with Gasteiger partial charge < -0.3 is 13.9 Å². The molecule has 1 aliphatic heterocycles. The highest BCUT2D eigenvalue weighted by Crippen LogP contribution is 2.14. The van der Waals surface area contributed by atoms with Crippen molar-refractivity contribution in [1.29, 1.82) is 0 Å². The Morgan fingerprint density at radius 3 is 2.83 bits per heavy atom. The van der Waals surface area contributed by atoms with Gasteiger partial charge in [0.05, 0.1) is 6.61 Å². The van der Waals surface area contributed by atoms with Crippen molar-refractivity contribution in [1.82, 2.24) is 0 Å². The van der Waals surface area contributed by atoms with Crippen LogP contribution in [0.1, 0.15) is 6.92 Å². The van der Waals surface area contributed by atoms with Crippen molar-refractivity contribution < 1.29 is 13.9 Å². The van der Waals surface area contributed by atoms with E-state index in [0.29, 0.717) is 13.4 Å². The first kappa shape index (κ1) is 9.60. The van der Waals surface area contributed by atoms with Gasteiger partial charge in [-0.25, -0.2) is 0 Å². The van der Waals surface area contributed by atoms with Gasteiger partial charge in [-0.3, -0.25) is 0 Å². The van der Waals surface area contributed by atoms with E-state index in [1.807, 2.05) is 0 Å². The van der Waals surface area contributed by atoms with Crippen LogP contribution >= 0.6 is 0 Å². The van der Waals surface area contributed by atoms with E-state index < -0.39 is 8.32 Å². The molecule has 0 aromatic carbocycles. The average Bonchev–Trinajstić information content (AvgIpc) is 2.53. The van der Waals surface area contributed by atoms with E-state index >= 15 is 0 Å². The zero-order valence-electron chi connectivity index (χ0n) is 7.92. The average molecular weight is 188 g/mol. The molecule has 70 valence electrons. The topological polar surface area (TPSA) is 27.7 Å². The van der Waals surface area contributed by atoms with E-state index in [0.717, 1.165) is 11.8 Å². The molecule has 0 N–H and O–H groups in total. The lowest BCUT2D eigenvalue weighted by atomic mass is 10.6. The van der Waals surface area contributed by atoms with Gasteiger partial charge in [0, 0.05) is 0 Å². The van der Waals surface area contributed by atoms with E-state index in [2.05, 4.69) is 20.0 Å². The fraction of sp³-hybridized carbons (Fsp3) is 0.750. The standard InChI is InChI=1S/C8H16O3Si/c1-4-12(2,3)11-6-8-5-9-7-10-8/h5H,4,6-7H2,1-3H3. The fourth-order valence-electron chi connectivity index (χ4n) is 0.715. The van der Waals surface area contributed by atoms with Crippen molar-refractivity contribution in [2.45, 2.75) is 26.1 Å². The van der Waals surface area contributed by atoms with Gasteiger partial charge in [0.15, 0.2) is 14.1 Å². The van der Waals surface area contributed by atoms with Crippen molar-refractivity contribution in [3.05, 3.63) is 12.0 Å². The molecule has 0 unspecified atom stereocenters. The van der Waals surface area contributed by atoms with E-state index in [9.17, 15) is 0 Å². The van der Waals surface area contributed by atoms with Crippen molar-refractivity contribution >= 4 is 8.32 Å². The molecule has 0 atom stereocenters. The van der Waals surface area contributed by atoms with Crippen LogP contribution in [-0.2, 0) is 13.9 Å². The van der Waals surface area contributed by atoms with Crippen molar-refractivity contribution in [3.63, 3.8) is 0 Å². The Kier molecular flexibility index (Phi) is 3.17. The molecule has 0 saturated carbocycles. The minimum Gasteiger partial charge on any atom is -0.462 e. The molecule has 4 heteroatoms. The zero-order valence-corrected chi connectivity index (χ0v) is 8.92. The molecule has 0 aromatic heterocycles. The van der Waals surface area contributed by atoms with Crippen LogP contribution in [-0.4, -0.2) is 21.7 Å². The van der Waals surface area contributed by atoms with Crippen LogP contribution in [0.3, 0.4) is 0 Å². The van der Waals surface area contributed by atoms with Gasteiger partial charge in [0.25, 0.3) is 0 Å². The Hall–Kier alpha value is -0.483. The Morgan fingerprint density at radius 2 is 2.33 bits per heavy atom. The molecule has 0 bridgehead atoms. The van der Waals surface area contributed by atoms with Crippen molar-refractivity contribution in [2.75, 3.05) is 13.4 Å². The summed E-state index contributed by atoms with van der Waals surface area (Å²) < 4.78 is 15.8. The molecule has 0 aromatic rings. The maximum atomic E-state index is 5.73. The van der Waals surface area contributed by atoms with Crippen LogP contribution in [0.2, 0.25) is 19.1 Å². The normalized spacial score (nSPS) is 16.8. The van der Waals surface area contributed by atoms with Crippen LogP contribution < -0.4 is 0 Å². The van der Waals surface area contributed by atoms with E-state index in [1.54, 1.807) is 6.26 Å². The second-order valence-corrected chi connectivity index (χ2v) is 7.93. The number of ether oxygens (including phenoxy) is 2. The number of hydrogen-bond acceptors (Lipinski definition) is 3. The lowest BCUT2D eigenvalue weighted by molar-refractivity contribution is 0.0706. The highest BCUT2D eigenvalue weighted by Gasteiger charge is 2.20. The summed E-state index contributed by atoms with van der Waals surface area (Å²) >= 11 is 0. The molecular formula is C8H16O3Si. The van der Waals surface area contributed by atoms with Gasteiger partial charge in [0.1, 0.15) is 6.26 Å². The Balaban J connectivity index is 2.24. The van der Waals surface area contributed by atoms with E-state index in [1.165, 1.54) is 0 Å². The van der Waals surface area contributed by atoms with Gasteiger partial charge in [0.2, 0.25) is 6.79 Å². The predicted octanol–water partition coefficient (Wildman–Crippen LogP) is 2.07. The molecule has 0 radical (unpaired) electrons. The van der Waals surface area contributed by atoms with E-state index in [-0.39, 0.29) is 0 Å². The third-order valence-electron chi connectivity index (χ3n) is 1.98. The third kappa shape index (κ3) is 2.87. The van der Waals surface area contributed by atoms with Gasteiger partial charge in [-0.2, -0.15) is 0 Å². The van der Waals surface area contributed by atoms with Gasteiger partial charge >= 0.3 is 0 Å². The third-order valence-corrected chi connectivity index (χ3v) is 4.61. The van der Waals surface area contributed by atoms with Crippen LogP contribution in [0, 0.1) is 0 Å². The number of rotatable bonds is 4. The van der Waals surface area contributed by atoms with Crippen LogP contribution in [0.15, 0.2) is 12.0 Å². The summed E-state index contributed by atoms with van der Waals surface area (Å²) in [6.07, 6.45) is 1.63. The van der Waals surface area contributed by atoms with Gasteiger partial charge in [-0.15, -0.1) is 0 Å². The summed E-state index contributed by atoms with van der Waals surface area (Å²) in [6.45, 7) is 7.46. The highest BCUT2D eigenvalue weighted by molar-refractivity contribution is 6.71. The summed E-state index contributed by atoms with van der Waals surface area (Å²) in [5.41, 5.74) is 0. The monoisotopic (exact) mass is 188 g/mol. The zero-order chi connectivity index (χ0) is 9.03. The largest absolute Gasteiger partial charge is 0.462 e. The molecule has 0 amide bonds. The molecule has 12 heavy (non-hydrogen) atoms. The molecule has 0 fully saturated rings. The van der Waals surface area contributed by atoms with E-state index in [4.69, 9.17) is 13.9 Å². The minimum absolute atomic E-state index is 0.340. The smallest absolute Gasteiger partial charge is 0.229 e. The first-order valence-corrected chi connectivity index (χ1v) is 7.33. The first-order chi connectivity index (χ1) is 5.64. The summed E-state index contributed by atoms with van der Waals surface area (Å²) in [5.74, 6) is 0.809. The first-order valence-electron chi connectivity index (χ1n) is 4.21. The maximum absolute atomic E-state index is 5.73.